The van der Waals surface area contributed by atoms with Crippen LogP contribution in [0.5, 0.6) is 0 Å². The Morgan fingerprint density at radius 1 is 1.38 bits per heavy atom. The van der Waals surface area contributed by atoms with E-state index in [1.807, 2.05) is 6.07 Å². The van der Waals surface area contributed by atoms with Crippen molar-refractivity contribution in [1.29, 1.82) is 0 Å². The number of hydrogen-bond acceptors (Lipinski definition) is 3. The molecule has 1 aliphatic rings. The van der Waals surface area contributed by atoms with Crippen LogP contribution >= 0.6 is 0 Å². The molecule has 0 aromatic carbocycles. The zero-order valence-corrected chi connectivity index (χ0v) is 7.61. The molecule has 13 heavy (non-hydrogen) atoms. The van der Waals surface area contributed by atoms with E-state index >= 15 is 0 Å². The first-order valence-electron chi connectivity index (χ1n) is 4.73. The molecule has 2 atom stereocenters. The number of rotatable bonds is 1. The SMILES string of the molecule is Nc1ncccc1C1CCC(N)C1. The molecular weight excluding hydrogens is 162 g/mol. The van der Waals surface area contributed by atoms with E-state index in [0.29, 0.717) is 17.8 Å². The van der Waals surface area contributed by atoms with E-state index in [0.717, 1.165) is 19.3 Å². The lowest BCUT2D eigenvalue weighted by Gasteiger charge is -2.11. The molecule has 2 rings (SSSR count). The Morgan fingerprint density at radius 2 is 2.23 bits per heavy atom. The van der Waals surface area contributed by atoms with E-state index < -0.39 is 0 Å². The maximum atomic E-state index is 5.85. The van der Waals surface area contributed by atoms with Gasteiger partial charge in [-0.2, -0.15) is 0 Å². The number of nitrogens with zero attached hydrogens (tertiary/aromatic N) is 1. The van der Waals surface area contributed by atoms with Gasteiger partial charge in [0.2, 0.25) is 0 Å². The summed E-state index contributed by atoms with van der Waals surface area (Å²) in [6, 6.07) is 4.35. The molecule has 1 fully saturated rings. The molecular formula is C10H15N3. The van der Waals surface area contributed by atoms with Crippen molar-refractivity contribution in [3.05, 3.63) is 23.9 Å². The molecule has 1 aromatic rings. The molecule has 0 saturated heterocycles. The first-order chi connectivity index (χ1) is 6.27. The van der Waals surface area contributed by atoms with Crippen LogP contribution in [0.25, 0.3) is 0 Å². The molecule has 3 heteroatoms. The van der Waals surface area contributed by atoms with Crippen molar-refractivity contribution in [1.82, 2.24) is 4.98 Å². The molecule has 2 unspecified atom stereocenters. The Bertz CT molecular complexity index is 298. The summed E-state index contributed by atoms with van der Waals surface area (Å²) in [5.74, 6) is 1.20. The standard InChI is InChI=1S/C10H15N3/c11-8-4-3-7(6-8)9-2-1-5-13-10(9)12/h1-2,5,7-8H,3-4,6,11H2,(H2,12,13). The predicted octanol–water partition coefficient (Wildman–Crippen LogP) is 1.26. The van der Waals surface area contributed by atoms with Gasteiger partial charge in [0, 0.05) is 12.2 Å². The number of nitrogens with two attached hydrogens (primary N) is 2. The molecule has 0 amide bonds. The fourth-order valence-electron chi connectivity index (χ4n) is 2.07. The normalized spacial score (nSPS) is 27.8. The monoisotopic (exact) mass is 177 g/mol. The van der Waals surface area contributed by atoms with E-state index in [2.05, 4.69) is 11.1 Å². The van der Waals surface area contributed by atoms with Crippen LogP contribution in [0.15, 0.2) is 18.3 Å². The highest BCUT2D eigenvalue weighted by atomic mass is 14.8. The fourth-order valence-corrected chi connectivity index (χ4v) is 2.07. The molecule has 1 saturated carbocycles. The van der Waals surface area contributed by atoms with Crippen molar-refractivity contribution in [2.45, 2.75) is 31.2 Å². The summed E-state index contributed by atoms with van der Waals surface area (Å²) in [7, 11) is 0. The third kappa shape index (κ3) is 1.65. The van der Waals surface area contributed by atoms with Gasteiger partial charge in [0.25, 0.3) is 0 Å². The van der Waals surface area contributed by atoms with Crippen LogP contribution in [0, 0.1) is 0 Å². The van der Waals surface area contributed by atoms with Gasteiger partial charge in [-0.1, -0.05) is 6.07 Å². The maximum Gasteiger partial charge on any atom is 0.126 e. The van der Waals surface area contributed by atoms with E-state index in [4.69, 9.17) is 11.5 Å². The fraction of sp³-hybridized carbons (Fsp3) is 0.500. The lowest BCUT2D eigenvalue weighted by Crippen LogP contribution is -2.14. The lowest BCUT2D eigenvalue weighted by molar-refractivity contribution is 0.674. The average Bonchev–Trinajstić information content (AvgIpc) is 2.53. The molecule has 0 radical (unpaired) electrons. The molecule has 0 spiro atoms. The molecule has 1 aliphatic carbocycles. The number of nitrogen functional groups attached to an aromatic ring is 1. The summed E-state index contributed by atoms with van der Waals surface area (Å²) < 4.78 is 0. The Balaban J connectivity index is 2.21. The Kier molecular flexibility index (Phi) is 2.19. The Labute approximate surface area is 78.1 Å². The van der Waals surface area contributed by atoms with Gasteiger partial charge in [0.05, 0.1) is 0 Å². The second kappa shape index (κ2) is 3.34. The third-order valence-corrected chi connectivity index (χ3v) is 2.78. The number of hydrogen-bond donors (Lipinski definition) is 2. The third-order valence-electron chi connectivity index (χ3n) is 2.78. The highest BCUT2D eigenvalue weighted by Gasteiger charge is 2.24. The van der Waals surface area contributed by atoms with Gasteiger partial charge in [0.15, 0.2) is 0 Å². The van der Waals surface area contributed by atoms with Crippen molar-refractivity contribution in [2.24, 2.45) is 5.73 Å². The minimum atomic E-state index is 0.351. The largest absolute Gasteiger partial charge is 0.383 e. The van der Waals surface area contributed by atoms with Crippen molar-refractivity contribution in [2.75, 3.05) is 5.73 Å². The van der Waals surface area contributed by atoms with Crippen molar-refractivity contribution in [3.8, 4) is 0 Å². The first-order valence-corrected chi connectivity index (χ1v) is 4.73. The molecule has 1 aromatic heterocycles. The lowest BCUT2D eigenvalue weighted by atomic mass is 9.98. The van der Waals surface area contributed by atoms with Crippen LogP contribution in [-0.2, 0) is 0 Å². The van der Waals surface area contributed by atoms with Crippen LogP contribution in [0.2, 0.25) is 0 Å². The summed E-state index contributed by atoms with van der Waals surface area (Å²) in [6.45, 7) is 0. The van der Waals surface area contributed by atoms with Gasteiger partial charge < -0.3 is 11.5 Å². The minimum Gasteiger partial charge on any atom is -0.383 e. The number of pyridine rings is 1. The van der Waals surface area contributed by atoms with Gasteiger partial charge in [-0.25, -0.2) is 4.98 Å². The van der Waals surface area contributed by atoms with E-state index in [1.54, 1.807) is 6.20 Å². The summed E-state index contributed by atoms with van der Waals surface area (Å²) in [6.07, 6.45) is 5.04. The topological polar surface area (TPSA) is 64.9 Å². The summed E-state index contributed by atoms with van der Waals surface area (Å²) >= 11 is 0. The predicted molar refractivity (Wildman–Crippen MR) is 53.2 cm³/mol. The highest BCUT2D eigenvalue weighted by Crippen LogP contribution is 2.35. The first kappa shape index (κ1) is 8.51. The van der Waals surface area contributed by atoms with E-state index in [1.165, 1.54) is 5.56 Å². The van der Waals surface area contributed by atoms with Crippen LogP contribution in [0.3, 0.4) is 0 Å². The summed E-state index contributed by atoms with van der Waals surface area (Å²) in [5.41, 5.74) is 12.8. The molecule has 70 valence electrons. The Morgan fingerprint density at radius 3 is 2.85 bits per heavy atom. The van der Waals surface area contributed by atoms with Crippen molar-refractivity contribution >= 4 is 5.82 Å². The van der Waals surface area contributed by atoms with Crippen molar-refractivity contribution < 1.29 is 0 Å². The summed E-state index contributed by atoms with van der Waals surface area (Å²) in [5, 5.41) is 0. The molecule has 0 aliphatic heterocycles. The van der Waals surface area contributed by atoms with Gasteiger partial charge in [-0.3, -0.25) is 0 Å². The molecule has 1 heterocycles. The highest BCUT2D eigenvalue weighted by molar-refractivity contribution is 5.41. The molecule has 4 N–H and O–H groups in total. The van der Waals surface area contributed by atoms with E-state index in [9.17, 15) is 0 Å². The maximum absolute atomic E-state index is 5.85. The van der Waals surface area contributed by atoms with Crippen molar-refractivity contribution in [3.63, 3.8) is 0 Å². The Hall–Kier alpha value is -1.09. The second-order valence-corrected chi connectivity index (χ2v) is 3.75. The van der Waals surface area contributed by atoms with Crippen LogP contribution in [-0.4, -0.2) is 11.0 Å². The smallest absolute Gasteiger partial charge is 0.126 e. The summed E-state index contributed by atoms with van der Waals surface area (Å²) in [4.78, 5) is 4.09. The minimum absolute atomic E-state index is 0.351. The zero-order chi connectivity index (χ0) is 9.26. The van der Waals surface area contributed by atoms with Crippen LogP contribution in [0.1, 0.15) is 30.7 Å². The zero-order valence-electron chi connectivity index (χ0n) is 7.61. The van der Waals surface area contributed by atoms with Gasteiger partial charge >= 0.3 is 0 Å². The average molecular weight is 177 g/mol. The molecule has 3 nitrogen and oxygen atoms in total. The molecule has 0 bridgehead atoms. The second-order valence-electron chi connectivity index (χ2n) is 3.75. The van der Waals surface area contributed by atoms with Gasteiger partial charge in [0.1, 0.15) is 5.82 Å². The van der Waals surface area contributed by atoms with Gasteiger partial charge in [-0.15, -0.1) is 0 Å². The van der Waals surface area contributed by atoms with Gasteiger partial charge in [-0.05, 0) is 36.8 Å². The van der Waals surface area contributed by atoms with Crippen LogP contribution in [0.4, 0.5) is 5.82 Å². The number of anilines is 1. The quantitative estimate of drug-likeness (QED) is 0.678. The van der Waals surface area contributed by atoms with Crippen LogP contribution < -0.4 is 11.5 Å². The van der Waals surface area contributed by atoms with E-state index in [-0.39, 0.29) is 0 Å². The number of aromatic nitrogens is 1.